The molecule has 19 heavy (non-hydrogen) atoms. The van der Waals surface area contributed by atoms with Crippen molar-refractivity contribution in [1.29, 1.82) is 0 Å². The molecule has 3 rings (SSSR count). The summed E-state index contributed by atoms with van der Waals surface area (Å²) in [6.45, 7) is 3.11. The Bertz CT molecular complexity index is 441. The molecular formula is C17H25NO. The van der Waals surface area contributed by atoms with E-state index in [9.17, 15) is 5.11 Å². The van der Waals surface area contributed by atoms with Gasteiger partial charge < -0.3 is 10.4 Å². The lowest BCUT2D eigenvalue weighted by Gasteiger charge is -2.48. The SMILES string of the molecule is Cc1cccc(CC2NCCC3(O)CCCCC23)c1. The van der Waals surface area contributed by atoms with Crippen LogP contribution in [0.1, 0.15) is 43.2 Å². The van der Waals surface area contributed by atoms with Crippen LogP contribution in [0.25, 0.3) is 0 Å². The monoisotopic (exact) mass is 259 g/mol. The lowest BCUT2D eigenvalue weighted by atomic mass is 9.67. The summed E-state index contributed by atoms with van der Waals surface area (Å²) in [5.74, 6) is 0.440. The third kappa shape index (κ3) is 2.70. The van der Waals surface area contributed by atoms with Gasteiger partial charge in [-0.05, 0) is 44.7 Å². The normalized spacial score (nSPS) is 34.8. The Morgan fingerprint density at radius 2 is 2.21 bits per heavy atom. The topological polar surface area (TPSA) is 32.3 Å². The minimum absolute atomic E-state index is 0.391. The van der Waals surface area contributed by atoms with Gasteiger partial charge >= 0.3 is 0 Å². The van der Waals surface area contributed by atoms with Crippen molar-refractivity contribution in [2.45, 2.75) is 57.1 Å². The minimum atomic E-state index is -0.391. The van der Waals surface area contributed by atoms with E-state index in [1.165, 1.54) is 30.4 Å². The van der Waals surface area contributed by atoms with Gasteiger partial charge in [0.1, 0.15) is 0 Å². The lowest BCUT2D eigenvalue weighted by molar-refractivity contribution is -0.0850. The third-order valence-corrected chi connectivity index (χ3v) is 5.05. The van der Waals surface area contributed by atoms with Crippen LogP contribution >= 0.6 is 0 Å². The van der Waals surface area contributed by atoms with Gasteiger partial charge in [-0.25, -0.2) is 0 Å². The molecule has 0 aromatic heterocycles. The molecule has 0 spiro atoms. The number of hydrogen-bond acceptors (Lipinski definition) is 2. The highest BCUT2D eigenvalue weighted by molar-refractivity contribution is 5.23. The number of benzene rings is 1. The molecule has 2 heteroatoms. The van der Waals surface area contributed by atoms with Crippen molar-refractivity contribution >= 4 is 0 Å². The number of piperidine rings is 1. The maximum Gasteiger partial charge on any atom is 0.0702 e. The van der Waals surface area contributed by atoms with E-state index in [-0.39, 0.29) is 0 Å². The zero-order chi connectivity index (χ0) is 13.3. The van der Waals surface area contributed by atoms with Crippen LogP contribution in [0.2, 0.25) is 0 Å². The quantitative estimate of drug-likeness (QED) is 0.856. The van der Waals surface area contributed by atoms with E-state index in [2.05, 4.69) is 36.5 Å². The van der Waals surface area contributed by atoms with E-state index in [4.69, 9.17) is 0 Å². The Balaban J connectivity index is 1.76. The fourth-order valence-electron chi connectivity index (χ4n) is 4.06. The molecule has 104 valence electrons. The molecule has 0 bridgehead atoms. The van der Waals surface area contributed by atoms with Gasteiger partial charge in [-0.15, -0.1) is 0 Å². The number of aryl methyl sites for hydroxylation is 1. The van der Waals surface area contributed by atoms with Gasteiger partial charge in [-0.1, -0.05) is 42.7 Å². The fourth-order valence-corrected chi connectivity index (χ4v) is 4.06. The standard InChI is InChI=1S/C17H25NO/c1-13-5-4-6-14(11-13)12-16-15-7-2-3-8-17(15,19)9-10-18-16/h4-6,11,15-16,18-19H,2-3,7-10,12H2,1H3. The molecule has 1 aromatic rings. The average molecular weight is 259 g/mol. The van der Waals surface area contributed by atoms with Gasteiger partial charge in [0, 0.05) is 12.0 Å². The van der Waals surface area contributed by atoms with E-state index in [0.29, 0.717) is 12.0 Å². The van der Waals surface area contributed by atoms with Crippen LogP contribution in [0.3, 0.4) is 0 Å². The second-order valence-electron chi connectivity index (χ2n) is 6.46. The van der Waals surface area contributed by atoms with Crippen LogP contribution in [0, 0.1) is 12.8 Å². The number of aliphatic hydroxyl groups is 1. The Hall–Kier alpha value is -0.860. The molecule has 1 aliphatic carbocycles. The Morgan fingerprint density at radius 3 is 3.05 bits per heavy atom. The first-order valence-corrected chi connectivity index (χ1v) is 7.69. The van der Waals surface area contributed by atoms with Gasteiger partial charge in [0.05, 0.1) is 5.60 Å². The van der Waals surface area contributed by atoms with Crippen LogP contribution in [-0.2, 0) is 6.42 Å². The number of rotatable bonds is 2. The van der Waals surface area contributed by atoms with Crippen molar-refractivity contribution in [3.8, 4) is 0 Å². The van der Waals surface area contributed by atoms with E-state index >= 15 is 0 Å². The predicted molar refractivity (Wildman–Crippen MR) is 78.2 cm³/mol. The van der Waals surface area contributed by atoms with Crippen molar-refractivity contribution in [1.82, 2.24) is 5.32 Å². The van der Waals surface area contributed by atoms with Gasteiger partial charge in [-0.2, -0.15) is 0 Å². The van der Waals surface area contributed by atoms with Crippen LogP contribution < -0.4 is 5.32 Å². The number of nitrogens with one attached hydrogen (secondary N) is 1. The Labute approximate surface area is 116 Å². The summed E-state index contributed by atoms with van der Waals surface area (Å²) in [5.41, 5.74) is 2.33. The first-order chi connectivity index (χ1) is 9.17. The molecule has 1 aliphatic heterocycles. The zero-order valence-electron chi connectivity index (χ0n) is 11.9. The summed E-state index contributed by atoms with van der Waals surface area (Å²) in [7, 11) is 0. The zero-order valence-corrected chi connectivity index (χ0v) is 11.9. The summed E-state index contributed by atoms with van der Waals surface area (Å²) >= 11 is 0. The molecular weight excluding hydrogens is 234 g/mol. The summed E-state index contributed by atoms with van der Waals surface area (Å²) in [6, 6.07) is 9.22. The molecule has 2 N–H and O–H groups in total. The van der Waals surface area contributed by atoms with Gasteiger partial charge in [0.15, 0.2) is 0 Å². The molecule has 2 aliphatic rings. The van der Waals surface area contributed by atoms with Crippen molar-refractivity contribution in [2.75, 3.05) is 6.54 Å². The number of fused-ring (bicyclic) bond motifs is 1. The molecule has 1 aromatic carbocycles. The smallest absolute Gasteiger partial charge is 0.0702 e. The Morgan fingerprint density at radius 1 is 1.32 bits per heavy atom. The largest absolute Gasteiger partial charge is 0.389 e. The van der Waals surface area contributed by atoms with Crippen LogP contribution in [0.4, 0.5) is 0 Å². The molecule has 3 unspecified atom stereocenters. The van der Waals surface area contributed by atoms with Gasteiger partial charge in [0.2, 0.25) is 0 Å². The summed E-state index contributed by atoms with van der Waals surface area (Å²) < 4.78 is 0. The highest BCUT2D eigenvalue weighted by atomic mass is 16.3. The summed E-state index contributed by atoms with van der Waals surface area (Å²) in [5, 5.41) is 14.5. The Kier molecular flexibility index (Phi) is 3.64. The van der Waals surface area contributed by atoms with Crippen LogP contribution in [-0.4, -0.2) is 23.3 Å². The fraction of sp³-hybridized carbons (Fsp3) is 0.647. The van der Waals surface area contributed by atoms with E-state index in [1.807, 2.05) is 0 Å². The van der Waals surface area contributed by atoms with Crippen LogP contribution in [0.5, 0.6) is 0 Å². The van der Waals surface area contributed by atoms with Gasteiger partial charge in [0.25, 0.3) is 0 Å². The molecule has 1 saturated heterocycles. The first-order valence-electron chi connectivity index (χ1n) is 7.69. The lowest BCUT2D eigenvalue weighted by Crippen LogP contribution is -2.58. The molecule has 0 amide bonds. The average Bonchev–Trinajstić information content (AvgIpc) is 2.38. The predicted octanol–water partition coefficient (Wildman–Crippen LogP) is 2.82. The maximum atomic E-state index is 10.9. The number of hydrogen-bond donors (Lipinski definition) is 2. The second-order valence-corrected chi connectivity index (χ2v) is 6.46. The molecule has 3 atom stereocenters. The highest BCUT2D eigenvalue weighted by Crippen LogP contribution is 2.41. The van der Waals surface area contributed by atoms with Crippen molar-refractivity contribution in [3.63, 3.8) is 0 Å². The first kappa shape index (κ1) is 13.1. The molecule has 2 nitrogen and oxygen atoms in total. The maximum absolute atomic E-state index is 10.9. The van der Waals surface area contributed by atoms with E-state index in [0.717, 1.165) is 25.8 Å². The second kappa shape index (κ2) is 5.26. The van der Waals surface area contributed by atoms with E-state index < -0.39 is 5.60 Å². The van der Waals surface area contributed by atoms with Crippen molar-refractivity contribution < 1.29 is 5.11 Å². The van der Waals surface area contributed by atoms with Gasteiger partial charge in [-0.3, -0.25) is 0 Å². The molecule has 0 radical (unpaired) electrons. The molecule has 2 fully saturated rings. The highest BCUT2D eigenvalue weighted by Gasteiger charge is 2.45. The third-order valence-electron chi connectivity index (χ3n) is 5.05. The molecule has 1 heterocycles. The summed E-state index contributed by atoms with van der Waals surface area (Å²) in [6.07, 6.45) is 6.64. The van der Waals surface area contributed by atoms with E-state index in [1.54, 1.807) is 0 Å². The molecule has 1 saturated carbocycles. The van der Waals surface area contributed by atoms with Crippen LogP contribution in [0.15, 0.2) is 24.3 Å². The van der Waals surface area contributed by atoms with Crippen molar-refractivity contribution in [2.24, 2.45) is 5.92 Å². The minimum Gasteiger partial charge on any atom is -0.389 e. The summed E-state index contributed by atoms with van der Waals surface area (Å²) in [4.78, 5) is 0. The van der Waals surface area contributed by atoms with Crippen molar-refractivity contribution in [3.05, 3.63) is 35.4 Å².